The fourth-order valence-corrected chi connectivity index (χ4v) is 13.1. The quantitative estimate of drug-likeness (QED) is 0.173. The number of urea groups is 1. The van der Waals surface area contributed by atoms with Gasteiger partial charge in [-0.3, -0.25) is 28.8 Å². The van der Waals surface area contributed by atoms with Crippen molar-refractivity contribution < 1.29 is 32.7 Å². The van der Waals surface area contributed by atoms with Gasteiger partial charge in [0.2, 0.25) is 0 Å². The Labute approximate surface area is 401 Å². The fourth-order valence-electron chi connectivity index (χ4n) is 13.1. The predicted molar refractivity (Wildman–Crippen MR) is 255 cm³/mol. The molecule has 3 aromatic carbocycles. The summed E-state index contributed by atoms with van der Waals surface area (Å²) in [6.07, 6.45) is 6.63. The standard InChI is InChI=1S/C52H53FN10O7/c1-26-15-32(16-27(2)43(26)53)63-45(59-22-33-23-67-44-34-21-54-62(31-7-8-31)37(34)9-10-38(44)60(33)49(59)66)42-29(4)58(13-11-36(42)56-63)46(64)40-18-30-17-35-41(68-25-51(35)12-14-69-50(5,6)24-51)19-39(30)61(40)52(20-28(52)3)47-55-48(65)70-57-47/h9-10,15-19,21,28-29,31,33H,7-8,11-14,20,22-25H2,1-6H3,(H,55,57,65)/t28-,29-,33+,51+,52-/m0/s1. The van der Waals surface area contributed by atoms with E-state index < -0.39 is 17.3 Å². The van der Waals surface area contributed by atoms with Crippen LogP contribution in [0.25, 0.3) is 27.5 Å². The Hall–Kier alpha value is -6.95. The summed E-state index contributed by atoms with van der Waals surface area (Å²) in [5, 5.41) is 15.9. The molecule has 2 saturated carbocycles. The van der Waals surface area contributed by atoms with Crippen molar-refractivity contribution >= 4 is 45.2 Å². The zero-order valence-electron chi connectivity index (χ0n) is 40.0. The number of nitrogens with one attached hydrogen (secondary N) is 1. The van der Waals surface area contributed by atoms with E-state index >= 15 is 14.0 Å². The molecule has 1 spiro atoms. The fraction of sp³-hybridized carbons (Fsp3) is 0.462. The van der Waals surface area contributed by atoms with E-state index in [1.165, 1.54) is 0 Å². The minimum Gasteiger partial charge on any atom is -0.492 e. The zero-order valence-corrected chi connectivity index (χ0v) is 40.0. The van der Waals surface area contributed by atoms with Gasteiger partial charge in [-0.2, -0.15) is 10.2 Å². The molecule has 360 valence electrons. The van der Waals surface area contributed by atoms with Gasteiger partial charge in [-0.1, -0.05) is 12.1 Å². The number of halogens is 1. The van der Waals surface area contributed by atoms with Crippen LogP contribution in [0.1, 0.15) is 116 Å². The Morgan fingerprint density at radius 3 is 2.51 bits per heavy atom. The molecule has 0 radical (unpaired) electrons. The van der Waals surface area contributed by atoms with Gasteiger partial charge in [0.15, 0.2) is 11.6 Å². The number of carbonyl (C=O) groups is 2. The van der Waals surface area contributed by atoms with Gasteiger partial charge in [0.05, 0.1) is 76.6 Å². The number of carbonyl (C=O) groups excluding carboxylic acids is 2. The van der Waals surface area contributed by atoms with Crippen LogP contribution >= 0.6 is 0 Å². The average molecular weight is 949 g/mol. The monoisotopic (exact) mass is 948 g/mol. The van der Waals surface area contributed by atoms with Crippen LogP contribution in [0.4, 0.5) is 20.7 Å². The first-order valence-electron chi connectivity index (χ1n) is 24.6. The van der Waals surface area contributed by atoms with Crippen LogP contribution in [-0.4, -0.2) is 95.7 Å². The summed E-state index contributed by atoms with van der Waals surface area (Å²) in [5.41, 5.74) is 5.55. The second kappa shape index (κ2) is 14.1. The van der Waals surface area contributed by atoms with E-state index in [1.807, 2.05) is 45.7 Å². The summed E-state index contributed by atoms with van der Waals surface area (Å²) in [6, 6.07) is 12.9. The van der Waals surface area contributed by atoms with E-state index in [1.54, 1.807) is 35.6 Å². The molecule has 70 heavy (non-hydrogen) atoms. The zero-order chi connectivity index (χ0) is 47.9. The van der Waals surface area contributed by atoms with E-state index in [2.05, 4.69) is 47.7 Å². The number of aromatic amines is 1. The van der Waals surface area contributed by atoms with Gasteiger partial charge in [0.1, 0.15) is 35.2 Å². The van der Waals surface area contributed by atoms with Crippen molar-refractivity contribution in [2.75, 3.05) is 42.7 Å². The number of fused-ring (bicyclic) bond motifs is 9. The van der Waals surface area contributed by atoms with Crippen LogP contribution in [0, 0.1) is 25.6 Å². The Morgan fingerprint density at radius 2 is 1.79 bits per heavy atom. The highest BCUT2D eigenvalue weighted by Gasteiger charge is 2.60. The summed E-state index contributed by atoms with van der Waals surface area (Å²) in [4.78, 5) is 52.0. The molecule has 18 heteroatoms. The molecule has 2 saturated heterocycles. The lowest BCUT2D eigenvalue weighted by Crippen LogP contribution is -2.44. The molecule has 7 aliphatic rings. The van der Waals surface area contributed by atoms with E-state index in [0.29, 0.717) is 84.2 Å². The Kier molecular flexibility index (Phi) is 8.46. The molecule has 17 nitrogen and oxygen atoms in total. The maximum atomic E-state index is 15.8. The van der Waals surface area contributed by atoms with Gasteiger partial charge in [-0.25, -0.2) is 18.7 Å². The molecular formula is C52H53FN10O7. The SMILES string of the molecule is Cc1cc(-n2nc3c(c2N2C[C@@H]4COc5c(ccc6c5cnn6C5CC5)N4C2=O)[C@H](C)N(C(=O)c2cc4cc5c(cc4n2[C@@]2(c4noc(=O)[nH]4)C[C@@H]2C)OC[C@]52CCOC(C)(C)C2)CC3)cc(C)c1F. The van der Waals surface area contributed by atoms with Crippen molar-refractivity contribution in [3.63, 3.8) is 0 Å². The van der Waals surface area contributed by atoms with Crippen molar-refractivity contribution in [2.45, 2.75) is 115 Å². The van der Waals surface area contributed by atoms with Gasteiger partial charge >= 0.3 is 11.8 Å². The molecule has 2 aliphatic carbocycles. The maximum Gasteiger partial charge on any atom is 0.438 e. The van der Waals surface area contributed by atoms with E-state index in [9.17, 15) is 4.79 Å². The number of aryl methyl sites for hydroxylation is 2. The van der Waals surface area contributed by atoms with Crippen LogP contribution in [-0.2, 0) is 22.1 Å². The normalized spacial score (nSPS) is 26.4. The molecular weight excluding hydrogens is 896 g/mol. The highest BCUT2D eigenvalue weighted by atomic mass is 19.1. The van der Waals surface area contributed by atoms with E-state index in [4.69, 9.17) is 28.9 Å². The average Bonchev–Trinajstić information content (AvgIpc) is 3.77. The molecule has 1 N–H and O–H groups in total. The number of ether oxygens (including phenoxy) is 3. The maximum absolute atomic E-state index is 15.8. The Balaban J connectivity index is 0.895. The van der Waals surface area contributed by atoms with Crippen molar-refractivity contribution in [3.05, 3.63) is 104 Å². The summed E-state index contributed by atoms with van der Waals surface area (Å²) in [7, 11) is 0. The van der Waals surface area contributed by atoms with Crippen molar-refractivity contribution in [3.8, 4) is 17.2 Å². The highest BCUT2D eigenvalue weighted by Crippen LogP contribution is 2.58. The molecule has 0 unspecified atom stereocenters. The number of amides is 3. The van der Waals surface area contributed by atoms with Crippen molar-refractivity contribution in [1.29, 1.82) is 0 Å². The van der Waals surface area contributed by atoms with Crippen LogP contribution in [0.15, 0.2) is 58.0 Å². The second-order valence-electron chi connectivity index (χ2n) is 21.7. The van der Waals surface area contributed by atoms with Gasteiger partial charge in [0, 0.05) is 47.6 Å². The van der Waals surface area contributed by atoms with Gasteiger partial charge in [0.25, 0.3) is 5.91 Å². The molecule has 5 atom stereocenters. The van der Waals surface area contributed by atoms with Gasteiger partial charge in [-0.05, 0) is 120 Å². The molecule has 14 rings (SSSR count). The first kappa shape index (κ1) is 42.0. The number of rotatable bonds is 6. The number of anilines is 2. The molecule has 0 bridgehead atoms. The third-order valence-electron chi connectivity index (χ3n) is 16.7. The predicted octanol–water partition coefficient (Wildman–Crippen LogP) is 7.91. The van der Waals surface area contributed by atoms with Crippen molar-refractivity contribution in [2.24, 2.45) is 5.92 Å². The number of benzene rings is 3. The number of aromatic nitrogens is 7. The minimum absolute atomic E-state index is 0.00987. The van der Waals surface area contributed by atoms with Crippen molar-refractivity contribution in [1.82, 2.24) is 39.2 Å². The molecule has 4 fully saturated rings. The molecule has 9 heterocycles. The number of H-pyrrole nitrogens is 1. The largest absolute Gasteiger partial charge is 0.492 e. The lowest BCUT2D eigenvalue weighted by Gasteiger charge is -2.42. The Morgan fingerprint density at radius 1 is 0.986 bits per heavy atom. The summed E-state index contributed by atoms with van der Waals surface area (Å²) >= 11 is 0. The number of hydrogen-bond donors (Lipinski definition) is 1. The topological polar surface area (TPSA) is 171 Å². The van der Waals surface area contributed by atoms with Crippen LogP contribution in [0.3, 0.4) is 0 Å². The first-order valence-corrected chi connectivity index (χ1v) is 24.6. The van der Waals surface area contributed by atoms with E-state index in [0.717, 1.165) is 70.1 Å². The molecule has 5 aliphatic heterocycles. The lowest BCUT2D eigenvalue weighted by molar-refractivity contribution is -0.0849. The highest BCUT2D eigenvalue weighted by molar-refractivity contribution is 6.10. The number of nitrogens with zero attached hydrogens (tertiary/aromatic N) is 9. The lowest BCUT2D eigenvalue weighted by atomic mass is 9.70. The summed E-state index contributed by atoms with van der Waals surface area (Å²) in [5.74, 6) is 1.09. The first-order chi connectivity index (χ1) is 33.6. The molecule has 4 aromatic heterocycles. The minimum atomic E-state index is -0.879. The molecule has 3 amide bonds. The van der Waals surface area contributed by atoms with Crippen LogP contribution in [0.2, 0.25) is 0 Å². The summed E-state index contributed by atoms with van der Waals surface area (Å²) < 4.78 is 45.5. The third-order valence-corrected chi connectivity index (χ3v) is 16.7. The van der Waals surface area contributed by atoms with Gasteiger partial charge in [-0.15, -0.1) is 0 Å². The molecule has 7 aromatic rings. The van der Waals surface area contributed by atoms with Crippen LogP contribution in [0.5, 0.6) is 11.5 Å². The second-order valence-corrected chi connectivity index (χ2v) is 21.7. The Bertz CT molecular complexity index is 3480. The number of hydrogen-bond acceptors (Lipinski definition) is 10. The summed E-state index contributed by atoms with van der Waals surface area (Å²) in [6.45, 7) is 13.8. The van der Waals surface area contributed by atoms with E-state index in [-0.39, 0.29) is 53.9 Å². The third kappa shape index (κ3) is 5.73. The smallest absolute Gasteiger partial charge is 0.438 e. The van der Waals surface area contributed by atoms with Crippen LogP contribution < -0.4 is 25.0 Å². The van der Waals surface area contributed by atoms with Gasteiger partial charge < -0.3 is 23.7 Å².